The quantitative estimate of drug-likeness (QED) is 0.829. The van der Waals surface area contributed by atoms with Crippen molar-refractivity contribution in [3.63, 3.8) is 0 Å². The summed E-state index contributed by atoms with van der Waals surface area (Å²) in [6.07, 6.45) is 0. The van der Waals surface area contributed by atoms with Gasteiger partial charge in [-0.3, -0.25) is 4.79 Å². The average Bonchev–Trinajstić information content (AvgIpc) is 2.19. The molecule has 0 aliphatic heterocycles. The molecular formula is C12H15ClO3. The monoisotopic (exact) mass is 242 g/mol. The first-order valence-corrected chi connectivity index (χ1v) is 5.26. The van der Waals surface area contributed by atoms with E-state index in [9.17, 15) is 9.90 Å². The van der Waals surface area contributed by atoms with Crippen LogP contribution in [0, 0.1) is 6.92 Å². The van der Waals surface area contributed by atoms with Gasteiger partial charge in [-0.25, -0.2) is 0 Å². The van der Waals surface area contributed by atoms with Crippen LogP contribution in [0.15, 0.2) is 12.1 Å². The topological polar surface area (TPSA) is 46.5 Å². The molecule has 0 fully saturated rings. The maximum absolute atomic E-state index is 11.9. The highest BCUT2D eigenvalue weighted by Gasteiger charge is 2.28. The minimum absolute atomic E-state index is 0.297. The molecule has 1 aromatic carbocycles. The lowest BCUT2D eigenvalue weighted by atomic mass is 9.95. The standard InChI is InChI=1S/C12H15ClO3/c1-7-5-10(16-4)8(6-9(7)13)11(14)12(2,3)15/h5-6,15H,1-4H3. The first-order valence-electron chi connectivity index (χ1n) is 4.88. The van der Waals surface area contributed by atoms with E-state index in [0.29, 0.717) is 16.3 Å². The second-order valence-electron chi connectivity index (χ2n) is 4.19. The van der Waals surface area contributed by atoms with E-state index in [2.05, 4.69) is 0 Å². The van der Waals surface area contributed by atoms with Gasteiger partial charge in [-0.2, -0.15) is 0 Å². The summed E-state index contributed by atoms with van der Waals surface area (Å²) in [5, 5.41) is 10.2. The van der Waals surface area contributed by atoms with E-state index in [1.54, 1.807) is 6.07 Å². The van der Waals surface area contributed by atoms with Gasteiger partial charge in [-0.15, -0.1) is 0 Å². The minimum Gasteiger partial charge on any atom is -0.496 e. The van der Waals surface area contributed by atoms with Crippen LogP contribution in [-0.2, 0) is 0 Å². The van der Waals surface area contributed by atoms with Crippen molar-refractivity contribution in [1.82, 2.24) is 0 Å². The van der Waals surface area contributed by atoms with Crippen molar-refractivity contribution in [2.24, 2.45) is 0 Å². The summed E-state index contributed by atoms with van der Waals surface area (Å²) in [7, 11) is 1.48. The summed E-state index contributed by atoms with van der Waals surface area (Å²) in [5.74, 6) is 0.0141. The number of carbonyl (C=O) groups excluding carboxylic acids is 1. The Hall–Kier alpha value is -1.06. The maximum atomic E-state index is 11.9. The Balaban J connectivity index is 3.33. The number of aryl methyl sites for hydroxylation is 1. The first kappa shape index (κ1) is 13.0. The third-order valence-corrected chi connectivity index (χ3v) is 2.69. The van der Waals surface area contributed by atoms with Gasteiger partial charge in [0.1, 0.15) is 11.4 Å². The van der Waals surface area contributed by atoms with E-state index in [4.69, 9.17) is 16.3 Å². The number of halogens is 1. The number of aliphatic hydroxyl groups is 1. The van der Waals surface area contributed by atoms with Crippen LogP contribution in [0.5, 0.6) is 5.75 Å². The molecule has 0 spiro atoms. The molecule has 0 aliphatic carbocycles. The molecule has 0 bridgehead atoms. The van der Waals surface area contributed by atoms with Crippen molar-refractivity contribution in [3.8, 4) is 5.75 Å². The highest BCUT2D eigenvalue weighted by atomic mass is 35.5. The van der Waals surface area contributed by atoms with Gasteiger partial charge in [0, 0.05) is 5.02 Å². The predicted molar refractivity (Wildman–Crippen MR) is 63.4 cm³/mol. The second kappa shape index (κ2) is 4.44. The number of carbonyl (C=O) groups is 1. The number of ether oxygens (including phenoxy) is 1. The predicted octanol–water partition coefficient (Wildman–Crippen LogP) is 2.61. The van der Waals surface area contributed by atoms with E-state index in [0.717, 1.165) is 5.56 Å². The van der Waals surface area contributed by atoms with E-state index in [-0.39, 0.29) is 0 Å². The Kier molecular flexibility index (Phi) is 3.61. The van der Waals surface area contributed by atoms with Crippen molar-refractivity contribution in [2.45, 2.75) is 26.4 Å². The third-order valence-electron chi connectivity index (χ3n) is 2.28. The minimum atomic E-state index is -1.44. The zero-order chi connectivity index (χ0) is 12.5. The number of ketones is 1. The van der Waals surface area contributed by atoms with Crippen LogP contribution < -0.4 is 4.74 Å². The summed E-state index contributed by atoms with van der Waals surface area (Å²) in [6.45, 7) is 4.69. The first-order chi connectivity index (χ1) is 7.27. The van der Waals surface area contributed by atoms with Crippen LogP contribution in [0.4, 0.5) is 0 Å². The van der Waals surface area contributed by atoms with Crippen molar-refractivity contribution in [2.75, 3.05) is 7.11 Å². The SMILES string of the molecule is COc1cc(C)c(Cl)cc1C(=O)C(C)(C)O. The lowest BCUT2D eigenvalue weighted by Crippen LogP contribution is -2.31. The molecule has 0 aromatic heterocycles. The van der Waals surface area contributed by atoms with Gasteiger partial charge < -0.3 is 9.84 Å². The van der Waals surface area contributed by atoms with Crippen molar-refractivity contribution in [3.05, 3.63) is 28.3 Å². The Bertz CT molecular complexity index is 419. The van der Waals surface area contributed by atoms with E-state index in [1.165, 1.54) is 27.0 Å². The van der Waals surface area contributed by atoms with Crippen molar-refractivity contribution >= 4 is 17.4 Å². The van der Waals surface area contributed by atoms with Gasteiger partial charge in [-0.05, 0) is 38.5 Å². The van der Waals surface area contributed by atoms with Gasteiger partial charge in [0.15, 0.2) is 5.78 Å². The average molecular weight is 243 g/mol. The molecule has 88 valence electrons. The molecule has 0 unspecified atom stereocenters. The van der Waals surface area contributed by atoms with E-state index < -0.39 is 11.4 Å². The molecular weight excluding hydrogens is 228 g/mol. The fourth-order valence-corrected chi connectivity index (χ4v) is 1.49. The largest absolute Gasteiger partial charge is 0.496 e. The fraction of sp³-hybridized carbons (Fsp3) is 0.417. The normalized spacial score (nSPS) is 11.4. The smallest absolute Gasteiger partial charge is 0.197 e. The molecule has 0 amide bonds. The Labute approximate surface area is 100.0 Å². The molecule has 1 rings (SSSR count). The summed E-state index contributed by atoms with van der Waals surface area (Å²) in [4.78, 5) is 11.9. The molecule has 0 saturated carbocycles. The van der Waals surface area contributed by atoms with Crippen molar-refractivity contribution in [1.29, 1.82) is 0 Å². The van der Waals surface area contributed by atoms with Crippen LogP contribution in [0.2, 0.25) is 5.02 Å². The zero-order valence-corrected chi connectivity index (χ0v) is 10.6. The van der Waals surface area contributed by atoms with Gasteiger partial charge in [0.05, 0.1) is 12.7 Å². The summed E-state index contributed by atoms with van der Waals surface area (Å²) < 4.78 is 5.11. The number of methoxy groups -OCH3 is 1. The Morgan fingerprint density at radius 2 is 2.00 bits per heavy atom. The molecule has 4 heteroatoms. The zero-order valence-electron chi connectivity index (χ0n) is 9.80. The maximum Gasteiger partial charge on any atom is 0.197 e. The molecule has 1 N–H and O–H groups in total. The van der Waals surface area contributed by atoms with E-state index >= 15 is 0 Å². The summed E-state index contributed by atoms with van der Waals surface area (Å²) in [5.41, 5.74) is -0.317. The van der Waals surface area contributed by atoms with Gasteiger partial charge >= 0.3 is 0 Å². The summed E-state index contributed by atoms with van der Waals surface area (Å²) >= 11 is 5.95. The Morgan fingerprint density at radius 1 is 1.44 bits per heavy atom. The number of rotatable bonds is 3. The van der Waals surface area contributed by atoms with Crippen LogP contribution in [0.25, 0.3) is 0 Å². The molecule has 0 radical (unpaired) electrons. The summed E-state index contributed by atoms with van der Waals surface area (Å²) in [6, 6.07) is 3.21. The number of hydrogen-bond donors (Lipinski definition) is 1. The molecule has 1 aromatic rings. The molecule has 3 nitrogen and oxygen atoms in total. The van der Waals surface area contributed by atoms with Gasteiger partial charge in [0.2, 0.25) is 0 Å². The fourth-order valence-electron chi connectivity index (χ4n) is 1.33. The molecule has 0 heterocycles. The van der Waals surface area contributed by atoms with Gasteiger partial charge in [-0.1, -0.05) is 11.6 Å². The molecule has 16 heavy (non-hydrogen) atoms. The van der Waals surface area contributed by atoms with Crippen LogP contribution in [0.1, 0.15) is 29.8 Å². The third kappa shape index (κ3) is 2.54. The van der Waals surface area contributed by atoms with Gasteiger partial charge in [0.25, 0.3) is 0 Å². The second-order valence-corrected chi connectivity index (χ2v) is 4.60. The number of Topliss-reactive ketones (excluding diaryl/α,β-unsaturated/α-hetero) is 1. The lowest BCUT2D eigenvalue weighted by Gasteiger charge is -2.18. The van der Waals surface area contributed by atoms with E-state index in [1.807, 2.05) is 6.92 Å². The van der Waals surface area contributed by atoms with Crippen LogP contribution >= 0.6 is 11.6 Å². The Morgan fingerprint density at radius 3 is 2.44 bits per heavy atom. The molecule has 0 saturated heterocycles. The van der Waals surface area contributed by atoms with Crippen LogP contribution in [-0.4, -0.2) is 23.6 Å². The highest BCUT2D eigenvalue weighted by Crippen LogP contribution is 2.29. The van der Waals surface area contributed by atoms with Crippen molar-refractivity contribution < 1.29 is 14.6 Å². The molecule has 0 atom stereocenters. The molecule has 0 aliphatic rings. The number of benzene rings is 1. The van der Waals surface area contributed by atoms with Crippen LogP contribution in [0.3, 0.4) is 0 Å². The lowest BCUT2D eigenvalue weighted by molar-refractivity contribution is 0.0485. The number of hydrogen-bond acceptors (Lipinski definition) is 3. The highest BCUT2D eigenvalue weighted by molar-refractivity contribution is 6.32.